The zero-order valence-electron chi connectivity index (χ0n) is 11.5. The maximum Gasteiger partial charge on any atom is 0.118 e. The molecule has 0 saturated carbocycles. The van der Waals surface area contributed by atoms with Crippen LogP contribution in [0.25, 0.3) is 0 Å². The van der Waals surface area contributed by atoms with Crippen molar-refractivity contribution < 1.29 is 4.74 Å². The highest BCUT2D eigenvalue weighted by Gasteiger charge is 2.20. The number of benzene rings is 2. The van der Waals surface area contributed by atoms with Crippen molar-refractivity contribution in [2.45, 2.75) is 12.8 Å². The summed E-state index contributed by atoms with van der Waals surface area (Å²) in [5.74, 6) is 0.857. The molecule has 0 spiro atoms. The number of para-hydroxylation sites is 1. The summed E-state index contributed by atoms with van der Waals surface area (Å²) >= 11 is 5.68. The maximum absolute atomic E-state index is 5.68. The molecular weight excluding hydrogens is 266 g/mol. The largest absolute Gasteiger partial charge is 0.497 e. The molecular formula is C17H17NOS. The maximum atomic E-state index is 5.68. The molecule has 0 atom stereocenters. The van der Waals surface area contributed by atoms with Gasteiger partial charge >= 0.3 is 0 Å². The minimum absolute atomic E-state index is 0.857. The predicted molar refractivity (Wildman–Crippen MR) is 86.8 cm³/mol. The molecule has 0 aliphatic carbocycles. The van der Waals surface area contributed by atoms with Crippen molar-refractivity contribution in [3.8, 4) is 5.75 Å². The standard InChI is InChI=1S/C17H17NOS/c1-19-15-10-8-14(9-11-15)17(20)18-12-4-6-13-5-2-3-7-16(13)18/h2-3,5,7-11H,4,6,12H2,1H3. The first kappa shape index (κ1) is 13.1. The summed E-state index contributed by atoms with van der Waals surface area (Å²) in [4.78, 5) is 3.13. The van der Waals surface area contributed by atoms with Gasteiger partial charge in [0.25, 0.3) is 0 Å². The fourth-order valence-corrected chi connectivity index (χ4v) is 2.96. The highest BCUT2D eigenvalue weighted by Crippen LogP contribution is 2.28. The van der Waals surface area contributed by atoms with Gasteiger partial charge in [0, 0.05) is 17.8 Å². The molecule has 0 fully saturated rings. The quantitative estimate of drug-likeness (QED) is 0.777. The van der Waals surface area contributed by atoms with Crippen LogP contribution in [-0.2, 0) is 6.42 Å². The van der Waals surface area contributed by atoms with Gasteiger partial charge in [-0.15, -0.1) is 0 Å². The van der Waals surface area contributed by atoms with E-state index in [1.54, 1.807) is 7.11 Å². The van der Waals surface area contributed by atoms with E-state index in [2.05, 4.69) is 29.2 Å². The van der Waals surface area contributed by atoms with Crippen molar-refractivity contribution in [2.75, 3.05) is 18.6 Å². The fraction of sp³-hybridized carbons (Fsp3) is 0.235. The van der Waals surface area contributed by atoms with E-state index >= 15 is 0 Å². The number of rotatable bonds is 2. The third kappa shape index (κ3) is 2.41. The zero-order valence-corrected chi connectivity index (χ0v) is 12.3. The highest BCUT2D eigenvalue weighted by atomic mass is 32.1. The molecule has 0 aromatic heterocycles. The van der Waals surface area contributed by atoms with Crippen molar-refractivity contribution in [3.63, 3.8) is 0 Å². The number of ether oxygens (including phenoxy) is 1. The molecule has 0 unspecified atom stereocenters. The Morgan fingerprint density at radius 2 is 1.85 bits per heavy atom. The van der Waals surface area contributed by atoms with E-state index < -0.39 is 0 Å². The van der Waals surface area contributed by atoms with Gasteiger partial charge in [-0.2, -0.15) is 0 Å². The average molecular weight is 283 g/mol. The number of hydrogen-bond acceptors (Lipinski definition) is 2. The average Bonchev–Trinajstić information content (AvgIpc) is 2.54. The first-order valence-electron chi connectivity index (χ1n) is 6.83. The monoisotopic (exact) mass is 283 g/mol. The second-order valence-electron chi connectivity index (χ2n) is 4.92. The van der Waals surface area contributed by atoms with Gasteiger partial charge in [0.1, 0.15) is 10.7 Å². The summed E-state index contributed by atoms with van der Waals surface area (Å²) in [5, 5.41) is 0. The lowest BCUT2D eigenvalue weighted by Gasteiger charge is -2.31. The van der Waals surface area contributed by atoms with Crippen LogP contribution in [0.4, 0.5) is 5.69 Å². The van der Waals surface area contributed by atoms with E-state index in [4.69, 9.17) is 17.0 Å². The smallest absolute Gasteiger partial charge is 0.118 e. The third-order valence-electron chi connectivity index (χ3n) is 3.69. The molecule has 0 amide bonds. The van der Waals surface area contributed by atoms with Crippen LogP contribution in [0, 0.1) is 0 Å². The molecule has 0 bridgehead atoms. The van der Waals surface area contributed by atoms with E-state index in [9.17, 15) is 0 Å². The normalized spacial score (nSPS) is 13.8. The fourth-order valence-electron chi connectivity index (χ4n) is 2.63. The van der Waals surface area contributed by atoms with Gasteiger partial charge in [0.15, 0.2) is 0 Å². The van der Waals surface area contributed by atoms with E-state index in [0.717, 1.165) is 35.7 Å². The first-order chi connectivity index (χ1) is 9.79. The molecule has 0 radical (unpaired) electrons. The third-order valence-corrected chi connectivity index (χ3v) is 4.15. The van der Waals surface area contributed by atoms with Crippen molar-refractivity contribution >= 4 is 22.9 Å². The lowest BCUT2D eigenvalue weighted by atomic mass is 10.0. The summed E-state index contributed by atoms with van der Waals surface area (Å²) in [6.07, 6.45) is 2.28. The van der Waals surface area contributed by atoms with Crippen LogP contribution in [0.3, 0.4) is 0 Å². The van der Waals surface area contributed by atoms with Crippen molar-refractivity contribution in [1.29, 1.82) is 0 Å². The molecule has 1 heterocycles. The molecule has 2 aromatic rings. The highest BCUT2D eigenvalue weighted by molar-refractivity contribution is 7.81. The Kier molecular flexibility index (Phi) is 3.70. The summed E-state index contributed by atoms with van der Waals surface area (Å²) < 4.78 is 5.19. The van der Waals surface area contributed by atoms with Crippen LogP contribution in [0.1, 0.15) is 17.5 Å². The van der Waals surface area contributed by atoms with Crippen molar-refractivity contribution in [3.05, 3.63) is 59.7 Å². The molecule has 0 N–H and O–H groups in total. The van der Waals surface area contributed by atoms with Crippen LogP contribution < -0.4 is 9.64 Å². The Morgan fingerprint density at radius 3 is 2.60 bits per heavy atom. The number of methoxy groups -OCH3 is 1. The molecule has 3 rings (SSSR count). The number of nitrogens with zero attached hydrogens (tertiary/aromatic N) is 1. The van der Waals surface area contributed by atoms with Crippen molar-refractivity contribution in [1.82, 2.24) is 0 Å². The van der Waals surface area contributed by atoms with E-state index in [1.165, 1.54) is 11.3 Å². The van der Waals surface area contributed by atoms with Gasteiger partial charge in [0.2, 0.25) is 0 Å². The minimum atomic E-state index is 0.857. The molecule has 1 aliphatic rings. The van der Waals surface area contributed by atoms with Gasteiger partial charge in [-0.05, 0) is 48.7 Å². The van der Waals surface area contributed by atoms with Crippen LogP contribution >= 0.6 is 12.2 Å². The first-order valence-corrected chi connectivity index (χ1v) is 7.24. The molecule has 2 aromatic carbocycles. The Balaban J connectivity index is 1.91. The lowest BCUT2D eigenvalue weighted by molar-refractivity contribution is 0.415. The van der Waals surface area contributed by atoms with E-state index in [1.807, 2.05) is 24.3 Å². The van der Waals surface area contributed by atoms with E-state index in [-0.39, 0.29) is 0 Å². The van der Waals surface area contributed by atoms with Gasteiger partial charge < -0.3 is 9.64 Å². The molecule has 2 nitrogen and oxygen atoms in total. The predicted octanol–water partition coefficient (Wildman–Crippen LogP) is 3.82. The second kappa shape index (κ2) is 5.63. The number of hydrogen-bond donors (Lipinski definition) is 0. The molecule has 102 valence electrons. The van der Waals surface area contributed by atoms with E-state index in [0.29, 0.717) is 0 Å². The Bertz CT molecular complexity index is 621. The van der Waals surface area contributed by atoms with Crippen LogP contribution in [0.5, 0.6) is 5.75 Å². The van der Waals surface area contributed by atoms with Gasteiger partial charge in [-0.3, -0.25) is 0 Å². The minimum Gasteiger partial charge on any atom is -0.497 e. The second-order valence-corrected chi connectivity index (χ2v) is 5.30. The Morgan fingerprint density at radius 1 is 1.10 bits per heavy atom. The van der Waals surface area contributed by atoms with Crippen LogP contribution in [0.2, 0.25) is 0 Å². The zero-order chi connectivity index (χ0) is 13.9. The molecule has 20 heavy (non-hydrogen) atoms. The van der Waals surface area contributed by atoms with Gasteiger partial charge in [-0.1, -0.05) is 30.4 Å². The SMILES string of the molecule is COc1ccc(C(=S)N2CCCc3ccccc32)cc1. The summed E-state index contributed by atoms with van der Waals surface area (Å²) in [6, 6.07) is 16.5. The molecule has 0 saturated heterocycles. The summed E-state index contributed by atoms with van der Waals surface area (Å²) in [6.45, 7) is 0.988. The summed E-state index contributed by atoms with van der Waals surface area (Å²) in [5.41, 5.74) is 3.70. The van der Waals surface area contributed by atoms with Crippen LogP contribution in [0.15, 0.2) is 48.5 Å². The Labute approximate surface area is 125 Å². The summed E-state index contributed by atoms with van der Waals surface area (Å²) in [7, 11) is 1.67. The number of aryl methyl sites for hydroxylation is 1. The van der Waals surface area contributed by atoms with Crippen molar-refractivity contribution in [2.24, 2.45) is 0 Å². The lowest BCUT2D eigenvalue weighted by Crippen LogP contribution is -2.34. The topological polar surface area (TPSA) is 12.5 Å². The number of fused-ring (bicyclic) bond motifs is 1. The van der Waals surface area contributed by atoms with Crippen LogP contribution in [-0.4, -0.2) is 18.6 Å². The number of anilines is 1. The van der Waals surface area contributed by atoms with Gasteiger partial charge in [-0.25, -0.2) is 0 Å². The van der Waals surface area contributed by atoms with Gasteiger partial charge in [0.05, 0.1) is 7.11 Å². The molecule has 1 aliphatic heterocycles. The number of thiocarbonyl (C=S) groups is 1. The Hall–Kier alpha value is -1.87. The molecule has 3 heteroatoms.